The van der Waals surface area contributed by atoms with Crippen LogP contribution in [0.3, 0.4) is 0 Å². The molecule has 0 bridgehead atoms. The Bertz CT molecular complexity index is 1820. The highest BCUT2D eigenvalue weighted by Gasteiger charge is 2.13. The first-order chi connectivity index (χ1) is 26.1. The number of esters is 2. The van der Waals surface area contributed by atoms with Gasteiger partial charge >= 0.3 is 11.9 Å². The van der Waals surface area contributed by atoms with E-state index < -0.39 is 11.9 Å². The van der Waals surface area contributed by atoms with Crippen LogP contribution in [0.5, 0.6) is 11.5 Å². The molecule has 0 saturated carbocycles. The molecular weight excluding hydrogens is 790 g/mol. The second kappa shape index (κ2) is 22.3. The highest BCUT2D eigenvalue weighted by Crippen LogP contribution is 2.34. The summed E-state index contributed by atoms with van der Waals surface area (Å²) in [4.78, 5) is 54.3. The van der Waals surface area contributed by atoms with E-state index in [1.54, 1.807) is 54.7 Å². The monoisotopic (exact) mass is 829 g/mol. The summed E-state index contributed by atoms with van der Waals surface area (Å²) in [6, 6.07) is 25.4. The molecule has 0 spiro atoms. The molecule has 4 aromatic carbocycles. The van der Waals surface area contributed by atoms with Crippen molar-refractivity contribution in [2.75, 3.05) is 26.4 Å². The number of nitrogens with zero attached hydrogens (tertiary/aromatic N) is 1. The Morgan fingerprint density at radius 3 is 1.61 bits per heavy atom. The minimum absolute atomic E-state index is 0.0728. The van der Waals surface area contributed by atoms with Gasteiger partial charge in [-0.3, -0.25) is 14.6 Å². The fourth-order valence-corrected chi connectivity index (χ4v) is 6.78. The maximum absolute atomic E-state index is 13.0. The molecule has 0 aliphatic carbocycles. The Hall–Kier alpha value is -4.91. The molecule has 0 heterocycles. The van der Waals surface area contributed by atoms with Gasteiger partial charge < -0.3 is 18.9 Å². The first-order valence-corrected chi connectivity index (χ1v) is 19.5. The molecule has 4 aromatic rings. The molecule has 0 radical (unpaired) electrons. The second-order valence-corrected chi connectivity index (χ2v) is 14.5. The van der Waals surface area contributed by atoms with Crippen molar-refractivity contribution in [2.45, 2.75) is 42.4 Å². The first kappa shape index (κ1) is 41.8. The summed E-state index contributed by atoms with van der Waals surface area (Å²) in [5, 5.41) is -0.175. The number of benzene rings is 4. The van der Waals surface area contributed by atoms with Crippen LogP contribution in [0.1, 0.15) is 57.5 Å². The lowest BCUT2D eigenvalue weighted by Gasteiger charge is -2.08. The zero-order valence-corrected chi connectivity index (χ0v) is 33.0. The smallest absolute Gasteiger partial charge is 0.330 e. The maximum atomic E-state index is 13.0. The van der Waals surface area contributed by atoms with Crippen molar-refractivity contribution in [3.63, 3.8) is 0 Å². The number of thioether (sulfide) groups is 2. The van der Waals surface area contributed by atoms with E-state index in [0.29, 0.717) is 67.6 Å². The average Bonchev–Trinajstić information content (AvgIpc) is 3.18. The molecule has 0 saturated heterocycles. The predicted molar refractivity (Wildman–Crippen MR) is 218 cm³/mol. The molecule has 0 fully saturated rings. The van der Waals surface area contributed by atoms with Crippen LogP contribution >= 0.6 is 39.5 Å². The van der Waals surface area contributed by atoms with E-state index in [4.69, 9.17) is 18.9 Å². The predicted octanol–water partition coefficient (Wildman–Crippen LogP) is 10.1. The average molecular weight is 831 g/mol. The van der Waals surface area contributed by atoms with Crippen molar-refractivity contribution < 1.29 is 38.1 Å². The molecule has 0 amide bonds. The van der Waals surface area contributed by atoms with Crippen molar-refractivity contribution in [1.29, 1.82) is 0 Å². The summed E-state index contributed by atoms with van der Waals surface area (Å²) in [5.74, 6) is 0.453. The minimum Gasteiger partial charge on any atom is -0.494 e. The van der Waals surface area contributed by atoms with Crippen LogP contribution in [0.25, 0.3) is 0 Å². The van der Waals surface area contributed by atoms with Crippen LogP contribution in [-0.4, -0.2) is 54.8 Å². The van der Waals surface area contributed by atoms with Gasteiger partial charge in [0, 0.05) is 43.8 Å². The highest BCUT2D eigenvalue weighted by molar-refractivity contribution is 9.10. The summed E-state index contributed by atoms with van der Waals surface area (Å²) in [7, 11) is 0. The van der Waals surface area contributed by atoms with Gasteiger partial charge in [0.1, 0.15) is 11.5 Å². The van der Waals surface area contributed by atoms with Crippen LogP contribution in [0, 0.1) is 6.92 Å². The number of carbonyl (C=O) groups is 4. The van der Waals surface area contributed by atoms with Gasteiger partial charge in [-0.1, -0.05) is 19.2 Å². The lowest BCUT2D eigenvalue weighted by molar-refractivity contribution is -0.138. The summed E-state index contributed by atoms with van der Waals surface area (Å²) < 4.78 is 22.1. The van der Waals surface area contributed by atoms with Crippen molar-refractivity contribution in [3.05, 3.63) is 137 Å². The molecule has 4 rings (SSSR count). The zero-order chi connectivity index (χ0) is 38.7. The number of aliphatic imine (C=N–C) groups is 1. The summed E-state index contributed by atoms with van der Waals surface area (Å²) in [6.45, 7) is 10.3. The number of ether oxygens (including phenoxy) is 4. The number of aryl methyl sites for hydroxylation is 1. The number of hydrogen-bond donors (Lipinski definition) is 0. The second-order valence-electron chi connectivity index (χ2n) is 11.6. The quantitative estimate of drug-likeness (QED) is 0.0280. The van der Waals surface area contributed by atoms with Crippen molar-refractivity contribution in [3.8, 4) is 11.5 Å². The van der Waals surface area contributed by atoms with Gasteiger partial charge in [-0.25, -0.2) is 9.59 Å². The third-order valence-electron chi connectivity index (χ3n) is 7.50. The van der Waals surface area contributed by atoms with E-state index >= 15 is 0 Å². The molecule has 0 aliphatic heterocycles. The molecule has 9 nitrogen and oxygen atoms in total. The van der Waals surface area contributed by atoms with Crippen LogP contribution in [-0.2, 0) is 19.1 Å². The third-order valence-corrected chi connectivity index (χ3v) is 10.5. The SMILES string of the molecule is C=CC(=O)OCCCCOc1ccc(C(=O)Sc2ccc(/C=N/c3ccc(SC(=O)c4ccc(OCCCCOC(=O)C=C)cc4)c(Br)c3)cc2C)cc1. The largest absolute Gasteiger partial charge is 0.494 e. The van der Waals surface area contributed by atoms with Gasteiger partial charge in [-0.15, -0.1) is 0 Å². The molecule has 54 heavy (non-hydrogen) atoms. The Balaban J connectivity index is 1.22. The number of unbranched alkanes of at least 4 members (excludes halogenated alkanes) is 2. The van der Waals surface area contributed by atoms with E-state index in [2.05, 4.69) is 34.1 Å². The van der Waals surface area contributed by atoms with Gasteiger partial charge in [0.2, 0.25) is 10.2 Å². The number of carbonyl (C=O) groups excluding carboxylic acids is 4. The topological polar surface area (TPSA) is 118 Å². The van der Waals surface area contributed by atoms with Crippen LogP contribution in [0.15, 0.2) is 129 Å². The van der Waals surface area contributed by atoms with Crippen LogP contribution < -0.4 is 9.47 Å². The van der Waals surface area contributed by atoms with E-state index in [9.17, 15) is 19.2 Å². The Morgan fingerprint density at radius 1 is 0.648 bits per heavy atom. The summed E-state index contributed by atoms with van der Waals surface area (Å²) in [5.41, 5.74) is 3.67. The van der Waals surface area contributed by atoms with Gasteiger partial charge in [0.15, 0.2) is 0 Å². The lowest BCUT2D eigenvalue weighted by atomic mass is 10.1. The Kier molecular flexibility index (Phi) is 17.3. The molecule has 0 aliphatic rings. The molecular formula is C42H40BrNO8S2. The zero-order valence-electron chi connectivity index (χ0n) is 29.8. The number of hydrogen-bond acceptors (Lipinski definition) is 11. The van der Waals surface area contributed by atoms with Gasteiger partial charge in [0.05, 0.1) is 32.1 Å². The Labute approximate surface area is 332 Å². The Morgan fingerprint density at radius 2 is 1.13 bits per heavy atom. The molecule has 0 N–H and O–H groups in total. The fourth-order valence-electron chi connectivity index (χ4n) is 4.61. The molecule has 0 aromatic heterocycles. The lowest BCUT2D eigenvalue weighted by Crippen LogP contribution is -2.04. The van der Waals surface area contributed by atoms with Crippen molar-refractivity contribution in [1.82, 2.24) is 0 Å². The standard InChI is InChI=1S/C42H40BrNO8S2/c1-4-39(45)51-24-8-6-22-49-34-16-11-31(12-17-34)41(47)53-37-20-10-30(26-29(37)3)28-44-33-15-21-38(36(43)27-33)54-42(48)32-13-18-35(19-14-32)50-23-7-9-25-52-40(46)5-2/h4-5,10-21,26-28H,1-2,6-9,22-25H2,3H3/b44-28+. The fraction of sp³-hybridized carbons (Fsp3) is 0.214. The van der Waals surface area contributed by atoms with Crippen LogP contribution in [0.2, 0.25) is 0 Å². The van der Waals surface area contributed by atoms with Gasteiger partial charge in [-0.05, 0) is 162 Å². The van der Waals surface area contributed by atoms with Crippen LogP contribution in [0.4, 0.5) is 5.69 Å². The normalized spacial score (nSPS) is 10.8. The molecule has 12 heteroatoms. The summed E-state index contributed by atoms with van der Waals surface area (Å²) >= 11 is 5.87. The van der Waals surface area contributed by atoms with E-state index in [-0.39, 0.29) is 10.2 Å². The molecule has 280 valence electrons. The van der Waals surface area contributed by atoms with Gasteiger partial charge in [-0.2, -0.15) is 0 Å². The maximum Gasteiger partial charge on any atom is 0.330 e. The number of halogens is 1. The van der Waals surface area contributed by atoms with E-state index in [0.717, 1.165) is 62.1 Å². The van der Waals surface area contributed by atoms with Crippen molar-refractivity contribution in [2.24, 2.45) is 4.99 Å². The minimum atomic E-state index is -0.435. The van der Waals surface area contributed by atoms with E-state index in [1.807, 2.05) is 43.3 Å². The summed E-state index contributed by atoms with van der Waals surface area (Å²) in [6.07, 6.45) is 6.85. The molecule has 0 atom stereocenters. The molecule has 0 unspecified atom stereocenters. The van der Waals surface area contributed by atoms with Gasteiger partial charge in [0.25, 0.3) is 0 Å². The third kappa shape index (κ3) is 14.1. The van der Waals surface area contributed by atoms with E-state index in [1.165, 1.54) is 11.8 Å². The van der Waals surface area contributed by atoms with Crippen molar-refractivity contribution >= 4 is 73.5 Å². The first-order valence-electron chi connectivity index (χ1n) is 17.1. The number of rotatable bonds is 20. The highest BCUT2D eigenvalue weighted by atomic mass is 79.9.